The number of carbonyl (C=O) groups is 1. The van der Waals surface area contributed by atoms with Gasteiger partial charge in [-0.05, 0) is 31.7 Å². The van der Waals surface area contributed by atoms with Crippen LogP contribution in [0.15, 0.2) is 24.3 Å². The second-order valence-electron chi connectivity index (χ2n) is 5.25. The number of fused-ring (bicyclic) bond motifs is 1. The average molecular weight is 246 g/mol. The molecule has 0 N–H and O–H groups in total. The Balaban J connectivity index is 1.98. The van der Waals surface area contributed by atoms with Crippen LogP contribution in [0.4, 0.5) is 0 Å². The molecule has 1 unspecified atom stereocenters. The summed E-state index contributed by atoms with van der Waals surface area (Å²) in [5.74, 6) is 0.649. The lowest BCUT2D eigenvalue weighted by molar-refractivity contribution is -0.159. The van der Waals surface area contributed by atoms with Crippen molar-refractivity contribution >= 4 is 5.97 Å². The molecule has 1 aliphatic carbocycles. The molecule has 0 bridgehead atoms. The van der Waals surface area contributed by atoms with Crippen LogP contribution in [-0.4, -0.2) is 11.6 Å². The maximum Gasteiger partial charge on any atom is 0.303 e. The predicted molar refractivity (Wildman–Crippen MR) is 67.4 cm³/mol. The van der Waals surface area contributed by atoms with Crippen molar-refractivity contribution in [2.75, 3.05) is 0 Å². The molecule has 1 fully saturated rings. The molecule has 0 amide bonds. The maximum absolute atomic E-state index is 11.4. The van der Waals surface area contributed by atoms with Gasteiger partial charge in [-0.2, -0.15) is 0 Å². The highest BCUT2D eigenvalue weighted by atomic mass is 16.6. The summed E-state index contributed by atoms with van der Waals surface area (Å²) in [5.41, 5.74) is 0.711. The van der Waals surface area contributed by atoms with Crippen LogP contribution < -0.4 is 4.74 Å². The Kier molecular flexibility index (Phi) is 2.77. The van der Waals surface area contributed by atoms with Crippen LogP contribution in [-0.2, 0) is 9.53 Å². The van der Waals surface area contributed by atoms with Crippen LogP contribution in [0.25, 0.3) is 0 Å². The first-order chi connectivity index (χ1) is 8.71. The molecule has 1 aromatic carbocycles. The Morgan fingerprint density at radius 3 is 2.72 bits per heavy atom. The van der Waals surface area contributed by atoms with Gasteiger partial charge < -0.3 is 9.47 Å². The highest BCUT2D eigenvalue weighted by molar-refractivity contribution is 5.67. The van der Waals surface area contributed by atoms with Crippen molar-refractivity contribution in [3.05, 3.63) is 29.8 Å². The molecular formula is C15H18O3. The number of carbonyl (C=O) groups excluding carboxylic acids is 1. The largest absolute Gasteiger partial charge is 0.483 e. The molecule has 0 radical (unpaired) electrons. The quantitative estimate of drug-likeness (QED) is 0.712. The average Bonchev–Trinajstić information content (AvgIpc) is 2.64. The fourth-order valence-corrected chi connectivity index (χ4v) is 3.20. The molecule has 2 aliphatic rings. The zero-order valence-corrected chi connectivity index (χ0v) is 10.6. The van der Waals surface area contributed by atoms with E-state index in [1.807, 2.05) is 24.3 Å². The third-order valence-corrected chi connectivity index (χ3v) is 3.98. The predicted octanol–water partition coefficient (Wildman–Crippen LogP) is 3.39. The van der Waals surface area contributed by atoms with Gasteiger partial charge in [-0.3, -0.25) is 4.79 Å². The van der Waals surface area contributed by atoms with Gasteiger partial charge in [0.25, 0.3) is 0 Å². The molecule has 0 saturated heterocycles. The van der Waals surface area contributed by atoms with Crippen molar-refractivity contribution in [2.45, 2.75) is 50.7 Å². The lowest BCUT2D eigenvalue weighted by Gasteiger charge is -2.37. The molecule has 1 aliphatic heterocycles. The zero-order valence-electron chi connectivity index (χ0n) is 10.6. The van der Waals surface area contributed by atoms with E-state index in [2.05, 4.69) is 0 Å². The number of hydrogen-bond donors (Lipinski definition) is 0. The van der Waals surface area contributed by atoms with Gasteiger partial charge in [0.05, 0.1) is 0 Å². The Bertz CT molecular complexity index is 461. The van der Waals surface area contributed by atoms with E-state index >= 15 is 0 Å². The zero-order chi connectivity index (χ0) is 12.6. The molecule has 3 heteroatoms. The summed E-state index contributed by atoms with van der Waals surface area (Å²) in [5, 5.41) is 0. The van der Waals surface area contributed by atoms with Crippen LogP contribution >= 0.6 is 0 Å². The van der Waals surface area contributed by atoms with Crippen LogP contribution in [0.5, 0.6) is 5.75 Å². The van der Waals surface area contributed by atoms with Gasteiger partial charge in [-0.25, -0.2) is 0 Å². The molecule has 1 aromatic rings. The highest BCUT2D eigenvalue weighted by Crippen LogP contribution is 2.51. The third-order valence-electron chi connectivity index (χ3n) is 3.98. The van der Waals surface area contributed by atoms with Crippen molar-refractivity contribution in [3.63, 3.8) is 0 Å². The molecule has 1 atom stereocenters. The molecule has 1 heterocycles. The molecule has 18 heavy (non-hydrogen) atoms. The molecule has 96 valence electrons. The van der Waals surface area contributed by atoms with E-state index in [0.717, 1.165) is 37.0 Å². The van der Waals surface area contributed by atoms with E-state index in [-0.39, 0.29) is 17.7 Å². The Morgan fingerprint density at radius 2 is 2.00 bits per heavy atom. The fourth-order valence-electron chi connectivity index (χ4n) is 3.20. The van der Waals surface area contributed by atoms with E-state index in [0.29, 0.717) is 0 Å². The van der Waals surface area contributed by atoms with Gasteiger partial charge in [-0.15, -0.1) is 0 Å². The van der Waals surface area contributed by atoms with Crippen molar-refractivity contribution in [3.8, 4) is 5.75 Å². The summed E-state index contributed by atoms with van der Waals surface area (Å²) in [6, 6.07) is 7.91. The molecular weight excluding hydrogens is 228 g/mol. The number of benzene rings is 1. The topological polar surface area (TPSA) is 35.5 Å². The van der Waals surface area contributed by atoms with E-state index in [4.69, 9.17) is 9.47 Å². The van der Waals surface area contributed by atoms with E-state index in [9.17, 15) is 4.79 Å². The summed E-state index contributed by atoms with van der Waals surface area (Å²) in [6.45, 7) is 1.47. The number of rotatable bonds is 1. The number of ether oxygens (including phenoxy) is 2. The van der Waals surface area contributed by atoms with Gasteiger partial charge in [0.15, 0.2) is 11.7 Å². The lowest BCUT2D eigenvalue weighted by atomic mass is 9.80. The van der Waals surface area contributed by atoms with Crippen molar-refractivity contribution < 1.29 is 14.3 Å². The first kappa shape index (κ1) is 11.6. The normalized spacial score (nSPS) is 24.4. The number of para-hydroxylation sites is 1. The van der Waals surface area contributed by atoms with Gasteiger partial charge in [0.1, 0.15) is 5.75 Å². The summed E-state index contributed by atoms with van der Waals surface area (Å²) in [6.07, 6.45) is 5.25. The monoisotopic (exact) mass is 246 g/mol. The molecule has 1 saturated carbocycles. The van der Waals surface area contributed by atoms with Crippen molar-refractivity contribution in [1.29, 1.82) is 0 Å². The van der Waals surface area contributed by atoms with Gasteiger partial charge in [-0.1, -0.05) is 24.6 Å². The van der Waals surface area contributed by atoms with Gasteiger partial charge in [0.2, 0.25) is 0 Å². The first-order valence-corrected chi connectivity index (χ1v) is 6.66. The maximum atomic E-state index is 11.4. The minimum absolute atomic E-state index is 0.230. The molecule has 3 rings (SSSR count). The van der Waals surface area contributed by atoms with Crippen LogP contribution in [0.3, 0.4) is 0 Å². The van der Waals surface area contributed by atoms with Gasteiger partial charge >= 0.3 is 5.97 Å². The molecule has 0 aromatic heterocycles. The SMILES string of the molecule is CC(=O)OC1c2ccccc2OC12CCCCC2. The second-order valence-corrected chi connectivity index (χ2v) is 5.25. The van der Waals surface area contributed by atoms with E-state index in [1.54, 1.807) is 0 Å². The summed E-state index contributed by atoms with van der Waals surface area (Å²) in [4.78, 5) is 11.4. The van der Waals surface area contributed by atoms with E-state index < -0.39 is 0 Å². The fraction of sp³-hybridized carbons (Fsp3) is 0.533. The highest BCUT2D eigenvalue weighted by Gasteiger charge is 2.50. The summed E-state index contributed by atoms with van der Waals surface area (Å²) in [7, 11) is 0. The van der Waals surface area contributed by atoms with Gasteiger partial charge in [0, 0.05) is 12.5 Å². The van der Waals surface area contributed by atoms with Crippen molar-refractivity contribution in [1.82, 2.24) is 0 Å². The van der Waals surface area contributed by atoms with Crippen LogP contribution in [0.1, 0.15) is 50.7 Å². The van der Waals surface area contributed by atoms with Crippen molar-refractivity contribution in [2.24, 2.45) is 0 Å². The Morgan fingerprint density at radius 1 is 1.28 bits per heavy atom. The summed E-state index contributed by atoms with van der Waals surface area (Å²) >= 11 is 0. The third kappa shape index (κ3) is 1.78. The Labute approximate surface area is 107 Å². The van der Waals surface area contributed by atoms with E-state index in [1.165, 1.54) is 13.3 Å². The number of hydrogen-bond acceptors (Lipinski definition) is 3. The Hall–Kier alpha value is -1.51. The summed E-state index contributed by atoms with van der Waals surface area (Å²) < 4.78 is 11.7. The standard InChI is InChI=1S/C15H18O3/c1-11(16)17-14-12-7-3-4-8-13(12)18-15(14)9-5-2-6-10-15/h3-4,7-8,14H,2,5-6,9-10H2,1H3. The van der Waals surface area contributed by atoms with Crippen LogP contribution in [0.2, 0.25) is 0 Å². The number of esters is 1. The smallest absolute Gasteiger partial charge is 0.303 e. The lowest BCUT2D eigenvalue weighted by Crippen LogP contribution is -2.41. The second kappa shape index (κ2) is 4.30. The first-order valence-electron chi connectivity index (χ1n) is 6.66. The van der Waals surface area contributed by atoms with Crippen LogP contribution in [0, 0.1) is 0 Å². The molecule has 1 spiro atoms. The molecule has 3 nitrogen and oxygen atoms in total. The minimum Gasteiger partial charge on any atom is -0.483 e. The minimum atomic E-state index is -0.312.